The van der Waals surface area contributed by atoms with Gasteiger partial charge in [-0.25, -0.2) is 0 Å². The predicted octanol–water partition coefficient (Wildman–Crippen LogP) is 3.19. The first-order valence-corrected chi connectivity index (χ1v) is 13.5. The zero-order chi connectivity index (χ0) is 29.9. The molecule has 0 saturated carbocycles. The van der Waals surface area contributed by atoms with Crippen molar-refractivity contribution < 1.29 is 23.9 Å². The molecule has 41 heavy (non-hydrogen) atoms. The number of benzene rings is 3. The number of hydrogen-bond donors (Lipinski definition) is 2. The fraction of sp³-hybridized carbons (Fsp3) is 0.344. The van der Waals surface area contributed by atoms with Gasteiger partial charge in [0.25, 0.3) is 5.91 Å². The molecule has 0 saturated heterocycles. The number of hydrogen-bond acceptors (Lipinski definition) is 6. The van der Waals surface area contributed by atoms with Gasteiger partial charge in [-0.05, 0) is 47.9 Å². The number of carbonyl (C=O) groups excluding carboxylic acids is 3. The van der Waals surface area contributed by atoms with E-state index in [2.05, 4.69) is 5.32 Å². The van der Waals surface area contributed by atoms with Crippen molar-refractivity contribution in [1.82, 2.24) is 15.1 Å². The van der Waals surface area contributed by atoms with Crippen molar-refractivity contribution in [2.24, 2.45) is 5.73 Å². The van der Waals surface area contributed by atoms with Crippen LogP contribution in [0.15, 0.2) is 78.9 Å². The van der Waals surface area contributed by atoms with E-state index >= 15 is 0 Å². The number of rotatable bonds is 13. The fourth-order valence-corrected chi connectivity index (χ4v) is 4.46. The Morgan fingerprint density at radius 3 is 2.17 bits per heavy atom. The van der Waals surface area contributed by atoms with Crippen molar-refractivity contribution in [2.45, 2.75) is 38.1 Å². The van der Waals surface area contributed by atoms with Crippen LogP contribution in [-0.4, -0.2) is 74.5 Å². The lowest BCUT2D eigenvalue weighted by Crippen LogP contribution is -2.56. The van der Waals surface area contributed by atoms with Gasteiger partial charge in [0.05, 0.1) is 20.3 Å². The minimum Gasteiger partial charge on any atom is -0.497 e. The molecule has 3 aromatic carbocycles. The van der Waals surface area contributed by atoms with Gasteiger partial charge in [-0.3, -0.25) is 14.4 Å². The maximum atomic E-state index is 14.0. The third-order valence-electron chi connectivity index (χ3n) is 7.07. The summed E-state index contributed by atoms with van der Waals surface area (Å²) in [5.74, 6) is -0.397. The van der Waals surface area contributed by atoms with E-state index < -0.39 is 18.0 Å². The molecule has 9 nitrogen and oxygen atoms in total. The Balaban J connectivity index is 1.88. The number of amides is 3. The van der Waals surface area contributed by atoms with E-state index in [1.54, 1.807) is 51.5 Å². The molecule has 1 unspecified atom stereocenters. The lowest BCUT2D eigenvalue weighted by Gasteiger charge is -2.34. The summed E-state index contributed by atoms with van der Waals surface area (Å²) in [6.07, 6.45) is 0.275. The number of methoxy groups -OCH3 is 1. The molecule has 3 rings (SSSR count). The number of ether oxygens (including phenoxy) is 2. The molecule has 3 N–H and O–H groups in total. The van der Waals surface area contributed by atoms with Crippen molar-refractivity contribution in [3.8, 4) is 5.75 Å². The Hall–Kier alpha value is -4.21. The topological polar surface area (TPSA) is 114 Å². The van der Waals surface area contributed by atoms with Gasteiger partial charge in [0.1, 0.15) is 17.8 Å². The van der Waals surface area contributed by atoms with Gasteiger partial charge in [0.15, 0.2) is 0 Å². The molecule has 0 bridgehead atoms. The highest BCUT2D eigenvalue weighted by Crippen LogP contribution is 2.18. The first kappa shape index (κ1) is 31.3. The van der Waals surface area contributed by atoms with Crippen LogP contribution in [0.25, 0.3) is 0 Å². The minimum atomic E-state index is -0.988. The van der Waals surface area contributed by atoms with Crippen molar-refractivity contribution in [1.29, 1.82) is 0 Å². The molecule has 3 amide bonds. The first-order chi connectivity index (χ1) is 19.7. The van der Waals surface area contributed by atoms with Gasteiger partial charge in [-0.15, -0.1) is 0 Å². The van der Waals surface area contributed by atoms with Crippen LogP contribution in [0.1, 0.15) is 40.0 Å². The standard InChI is InChI=1S/C32H40N4O5/c1-22(33)25-12-9-13-26(19-25)31(38)36(4)29(21-41-20-24-10-7-6-8-11-24)32(39)35(3)28(30(37)34-2)18-23-14-16-27(40-5)17-15-23/h6-17,19,22,28-29H,18,20-21,33H2,1-5H3,(H,34,37)/t22?,28-,29-/m1/s1. The number of nitrogens with one attached hydrogen (secondary N) is 1. The van der Waals surface area contributed by atoms with Crippen LogP contribution in [0.4, 0.5) is 0 Å². The monoisotopic (exact) mass is 560 g/mol. The van der Waals surface area contributed by atoms with Crippen LogP contribution in [0, 0.1) is 0 Å². The van der Waals surface area contributed by atoms with E-state index in [-0.39, 0.29) is 37.5 Å². The quantitative estimate of drug-likeness (QED) is 0.332. The zero-order valence-corrected chi connectivity index (χ0v) is 24.4. The van der Waals surface area contributed by atoms with Crippen LogP contribution in [0.5, 0.6) is 5.75 Å². The number of likely N-dealkylation sites (N-methyl/N-ethyl adjacent to an activating group) is 3. The largest absolute Gasteiger partial charge is 0.497 e. The fourth-order valence-electron chi connectivity index (χ4n) is 4.46. The lowest BCUT2D eigenvalue weighted by atomic mass is 10.0. The van der Waals surface area contributed by atoms with E-state index in [1.165, 1.54) is 16.8 Å². The van der Waals surface area contributed by atoms with Crippen molar-refractivity contribution >= 4 is 17.7 Å². The summed E-state index contributed by atoms with van der Waals surface area (Å²) in [5, 5.41) is 2.66. The molecule has 3 atom stereocenters. The second kappa shape index (κ2) is 15.0. The Morgan fingerprint density at radius 2 is 1.56 bits per heavy atom. The van der Waals surface area contributed by atoms with Crippen LogP contribution < -0.4 is 15.8 Å². The average Bonchev–Trinajstić information content (AvgIpc) is 3.01. The molecular formula is C32H40N4O5. The van der Waals surface area contributed by atoms with Crippen molar-refractivity contribution in [2.75, 3.05) is 34.9 Å². The van der Waals surface area contributed by atoms with Crippen LogP contribution in [0.3, 0.4) is 0 Å². The van der Waals surface area contributed by atoms with Gasteiger partial charge in [-0.2, -0.15) is 0 Å². The number of nitrogens with two attached hydrogens (primary N) is 1. The van der Waals surface area contributed by atoms with Crippen molar-refractivity contribution in [3.05, 3.63) is 101 Å². The Morgan fingerprint density at radius 1 is 0.878 bits per heavy atom. The molecular weight excluding hydrogens is 520 g/mol. The maximum absolute atomic E-state index is 14.0. The lowest BCUT2D eigenvalue weighted by molar-refractivity contribution is -0.143. The molecule has 0 radical (unpaired) electrons. The van der Waals surface area contributed by atoms with Gasteiger partial charge < -0.3 is 30.3 Å². The molecule has 0 aliphatic rings. The highest BCUT2D eigenvalue weighted by Gasteiger charge is 2.35. The highest BCUT2D eigenvalue weighted by atomic mass is 16.5. The van der Waals surface area contributed by atoms with Crippen LogP contribution >= 0.6 is 0 Å². The van der Waals surface area contributed by atoms with E-state index in [4.69, 9.17) is 15.2 Å². The smallest absolute Gasteiger partial charge is 0.254 e. The summed E-state index contributed by atoms with van der Waals surface area (Å²) in [7, 11) is 6.26. The second-order valence-electron chi connectivity index (χ2n) is 9.98. The average molecular weight is 561 g/mol. The molecule has 0 aromatic heterocycles. The summed E-state index contributed by atoms with van der Waals surface area (Å²) in [6, 6.07) is 21.9. The Labute approximate surface area is 242 Å². The maximum Gasteiger partial charge on any atom is 0.254 e. The van der Waals surface area contributed by atoms with Gasteiger partial charge >= 0.3 is 0 Å². The van der Waals surface area contributed by atoms with Crippen LogP contribution in [-0.2, 0) is 27.4 Å². The number of carbonyl (C=O) groups is 3. The van der Waals surface area contributed by atoms with Gasteiger partial charge in [0.2, 0.25) is 11.8 Å². The van der Waals surface area contributed by atoms with Gasteiger partial charge in [0, 0.05) is 39.2 Å². The van der Waals surface area contributed by atoms with E-state index in [0.717, 1.165) is 16.7 Å². The minimum absolute atomic E-state index is 0.0592. The predicted molar refractivity (Wildman–Crippen MR) is 158 cm³/mol. The van der Waals surface area contributed by atoms with E-state index in [1.807, 2.05) is 55.5 Å². The molecule has 0 aliphatic carbocycles. The van der Waals surface area contributed by atoms with E-state index in [0.29, 0.717) is 11.3 Å². The normalized spacial score (nSPS) is 13.0. The Kier molecular flexibility index (Phi) is 11.4. The molecule has 3 aromatic rings. The zero-order valence-electron chi connectivity index (χ0n) is 24.4. The third kappa shape index (κ3) is 8.39. The van der Waals surface area contributed by atoms with Crippen molar-refractivity contribution in [3.63, 3.8) is 0 Å². The second-order valence-corrected chi connectivity index (χ2v) is 9.98. The molecule has 0 spiro atoms. The first-order valence-electron chi connectivity index (χ1n) is 13.5. The summed E-state index contributed by atoms with van der Waals surface area (Å²) in [5.41, 5.74) is 9.04. The summed E-state index contributed by atoms with van der Waals surface area (Å²) >= 11 is 0. The van der Waals surface area contributed by atoms with Gasteiger partial charge in [-0.1, -0.05) is 54.6 Å². The summed E-state index contributed by atoms with van der Waals surface area (Å²) < 4.78 is 11.2. The summed E-state index contributed by atoms with van der Waals surface area (Å²) in [6.45, 7) is 2.05. The molecule has 218 valence electrons. The number of nitrogens with zero attached hydrogens (tertiary/aromatic N) is 2. The van der Waals surface area contributed by atoms with Crippen LogP contribution in [0.2, 0.25) is 0 Å². The Bertz CT molecular complexity index is 1300. The highest BCUT2D eigenvalue weighted by molar-refractivity contribution is 5.98. The SMILES string of the molecule is CNC(=O)[C@@H](Cc1ccc(OC)cc1)N(C)C(=O)[C@@H](COCc1ccccc1)N(C)C(=O)c1cccc(C(C)N)c1. The molecule has 0 heterocycles. The summed E-state index contributed by atoms with van der Waals surface area (Å²) in [4.78, 5) is 43.4. The molecule has 0 aliphatic heterocycles. The molecule has 0 fully saturated rings. The third-order valence-corrected chi connectivity index (χ3v) is 7.07. The van der Waals surface area contributed by atoms with E-state index in [9.17, 15) is 14.4 Å². The molecule has 9 heteroatoms.